The third kappa shape index (κ3) is 8.28. The van der Waals surface area contributed by atoms with Gasteiger partial charge < -0.3 is 4.43 Å². The van der Waals surface area contributed by atoms with Crippen LogP contribution >= 0.6 is 0 Å². The van der Waals surface area contributed by atoms with Crippen molar-refractivity contribution >= 4 is 10.5 Å². The molecule has 0 aliphatic heterocycles. The van der Waals surface area contributed by atoms with Gasteiger partial charge in [0.05, 0.1) is 0 Å². The van der Waals surface area contributed by atoms with Gasteiger partial charge in [-0.25, -0.2) is 0 Å². The lowest BCUT2D eigenvalue weighted by molar-refractivity contribution is 0.312. The zero-order chi connectivity index (χ0) is 9.40. The molecule has 0 rings (SSSR count). The molecule has 0 saturated carbocycles. The molecule has 0 radical (unpaired) electrons. The highest BCUT2D eigenvalue weighted by atomic mass is 28.2. The van der Waals surface area contributed by atoms with Gasteiger partial charge in [-0.2, -0.15) is 0 Å². The topological polar surface area (TPSA) is 9.23 Å². The summed E-state index contributed by atoms with van der Waals surface area (Å²) in [5, 5.41) is 0. The molecule has 0 aromatic carbocycles. The fourth-order valence-corrected chi connectivity index (χ4v) is 1.63. The second kappa shape index (κ2) is 7.81. The Kier molecular flexibility index (Phi) is 7.92. The summed E-state index contributed by atoms with van der Waals surface area (Å²) in [5.41, 5.74) is 0. The standard InChI is InChI=1S/C10H24OSi/c1-9(2)6-7-10(3)5-4-8-11-12/h9-10H,4-8H2,1-3,12H3. The smallest absolute Gasteiger partial charge is 0.145 e. The van der Waals surface area contributed by atoms with Crippen LogP contribution in [0.1, 0.15) is 46.5 Å². The van der Waals surface area contributed by atoms with Crippen molar-refractivity contribution < 1.29 is 4.43 Å². The van der Waals surface area contributed by atoms with Crippen LogP contribution in [0.4, 0.5) is 0 Å². The van der Waals surface area contributed by atoms with Crippen LogP contribution in [0.2, 0.25) is 0 Å². The van der Waals surface area contributed by atoms with Crippen LogP contribution in [0.25, 0.3) is 0 Å². The van der Waals surface area contributed by atoms with Gasteiger partial charge in [-0.1, -0.05) is 33.6 Å². The average Bonchev–Trinajstić information content (AvgIpc) is 2.01. The molecule has 12 heavy (non-hydrogen) atoms. The molecule has 1 atom stereocenters. The maximum Gasteiger partial charge on any atom is 0.145 e. The second-order valence-electron chi connectivity index (χ2n) is 4.21. The van der Waals surface area contributed by atoms with E-state index in [2.05, 4.69) is 20.8 Å². The Morgan fingerprint density at radius 3 is 2.25 bits per heavy atom. The number of hydrogen-bond acceptors (Lipinski definition) is 1. The van der Waals surface area contributed by atoms with Crippen molar-refractivity contribution in [1.29, 1.82) is 0 Å². The number of hydrogen-bond donors (Lipinski definition) is 0. The summed E-state index contributed by atoms with van der Waals surface area (Å²) < 4.78 is 5.16. The van der Waals surface area contributed by atoms with Crippen molar-refractivity contribution in [3.05, 3.63) is 0 Å². The summed E-state index contributed by atoms with van der Waals surface area (Å²) in [7, 11) is 0.899. The van der Waals surface area contributed by atoms with Crippen molar-refractivity contribution in [3.8, 4) is 0 Å². The molecular weight excluding hydrogens is 164 g/mol. The molecule has 1 nitrogen and oxygen atoms in total. The van der Waals surface area contributed by atoms with Gasteiger partial charge >= 0.3 is 0 Å². The van der Waals surface area contributed by atoms with E-state index in [4.69, 9.17) is 4.43 Å². The molecule has 0 aromatic rings. The van der Waals surface area contributed by atoms with E-state index in [1.807, 2.05) is 0 Å². The fraction of sp³-hybridized carbons (Fsp3) is 1.00. The molecule has 0 saturated heterocycles. The van der Waals surface area contributed by atoms with Crippen LogP contribution < -0.4 is 0 Å². The van der Waals surface area contributed by atoms with E-state index in [1.165, 1.54) is 25.7 Å². The van der Waals surface area contributed by atoms with E-state index in [-0.39, 0.29) is 0 Å². The Labute approximate surface area is 80.4 Å². The van der Waals surface area contributed by atoms with Crippen LogP contribution in [-0.2, 0) is 4.43 Å². The Balaban J connectivity index is 3.15. The fourth-order valence-electron chi connectivity index (χ4n) is 1.34. The van der Waals surface area contributed by atoms with Gasteiger partial charge in [0, 0.05) is 6.61 Å². The molecule has 0 aromatic heterocycles. The van der Waals surface area contributed by atoms with Crippen LogP contribution in [0.5, 0.6) is 0 Å². The van der Waals surface area contributed by atoms with Crippen molar-refractivity contribution in [2.24, 2.45) is 11.8 Å². The Bertz CT molecular complexity index is 93.8. The summed E-state index contributed by atoms with van der Waals surface area (Å²) in [4.78, 5) is 0. The third-order valence-corrected chi connectivity index (χ3v) is 2.69. The zero-order valence-corrected chi connectivity index (χ0v) is 11.1. The van der Waals surface area contributed by atoms with E-state index >= 15 is 0 Å². The highest BCUT2D eigenvalue weighted by Gasteiger charge is 2.02. The van der Waals surface area contributed by atoms with Gasteiger partial charge in [0.15, 0.2) is 0 Å². The van der Waals surface area contributed by atoms with Crippen LogP contribution in [0, 0.1) is 11.8 Å². The van der Waals surface area contributed by atoms with Gasteiger partial charge in [0.2, 0.25) is 0 Å². The Hall–Kier alpha value is 0.177. The first-order chi connectivity index (χ1) is 5.66. The van der Waals surface area contributed by atoms with Crippen LogP contribution in [-0.4, -0.2) is 17.1 Å². The van der Waals surface area contributed by atoms with E-state index in [0.717, 1.165) is 28.9 Å². The predicted molar refractivity (Wildman–Crippen MR) is 58.4 cm³/mol. The molecule has 0 N–H and O–H groups in total. The van der Waals surface area contributed by atoms with Gasteiger partial charge in [-0.3, -0.25) is 0 Å². The molecule has 74 valence electrons. The molecular formula is C10H24OSi. The van der Waals surface area contributed by atoms with Gasteiger partial charge in [0.25, 0.3) is 0 Å². The quantitative estimate of drug-likeness (QED) is 0.439. The summed E-state index contributed by atoms with van der Waals surface area (Å²) in [5.74, 6) is 1.76. The average molecular weight is 188 g/mol. The maximum atomic E-state index is 5.16. The minimum absolute atomic E-state index is 0.863. The first kappa shape index (κ1) is 12.2. The lowest BCUT2D eigenvalue weighted by Gasteiger charge is -2.12. The summed E-state index contributed by atoms with van der Waals surface area (Å²) >= 11 is 0. The first-order valence-electron chi connectivity index (χ1n) is 5.15. The SMILES string of the molecule is CC(C)CCC(C)CCCO[SiH3]. The van der Waals surface area contributed by atoms with E-state index < -0.39 is 0 Å². The minimum atomic E-state index is 0.863. The zero-order valence-electron chi connectivity index (χ0n) is 9.10. The van der Waals surface area contributed by atoms with Crippen molar-refractivity contribution in [1.82, 2.24) is 0 Å². The minimum Gasteiger partial charge on any atom is -0.428 e. The first-order valence-corrected chi connectivity index (χ1v) is 5.97. The third-order valence-electron chi connectivity index (χ3n) is 2.28. The molecule has 0 fully saturated rings. The Morgan fingerprint density at radius 2 is 1.75 bits per heavy atom. The van der Waals surface area contributed by atoms with Gasteiger partial charge in [-0.05, 0) is 24.7 Å². The molecule has 1 unspecified atom stereocenters. The molecule has 0 spiro atoms. The molecule has 0 aliphatic carbocycles. The van der Waals surface area contributed by atoms with Gasteiger partial charge in [0.1, 0.15) is 10.5 Å². The normalized spacial score (nSPS) is 14.0. The Morgan fingerprint density at radius 1 is 1.08 bits per heavy atom. The summed E-state index contributed by atoms with van der Waals surface area (Å²) in [6, 6.07) is 0. The van der Waals surface area contributed by atoms with Crippen LogP contribution in [0.15, 0.2) is 0 Å². The van der Waals surface area contributed by atoms with Crippen molar-refractivity contribution in [2.75, 3.05) is 6.61 Å². The van der Waals surface area contributed by atoms with Gasteiger partial charge in [-0.15, -0.1) is 0 Å². The van der Waals surface area contributed by atoms with E-state index in [0.29, 0.717) is 0 Å². The molecule has 2 heteroatoms. The van der Waals surface area contributed by atoms with Crippen molar-refractivity contribution in [3.63, 3.8) is 0 Å². The van der Waals surface area contributed by atoms with Crippen molar-refractivity contribution in [2.45, 2.75) is 46.5 Å². The highest BCUT2D eigenvalue weighted by Crippen LogP contribution is 2.15. The highest BCUT2D eigenvalue weighted by molar-refractivity contribution is 5.97. The predicted octanol–water partition coefficient (Wildman–Crippen LogP) is 2.14. The second-order valence-corrected chi connectivity index (χ2v) is 4.79. The molecule has 0 bridgehead atoms. The van der Waals surface area contributed by atoms with Crippen LogP contribution in [0.3, 0.4) is 0 Å². The summed E-state index contributed by atoms with van der Waals surface area (Å²) in [6.45, 7) is 7.94. The lowest BCUT2D eigenvalue weighted by atomic mass is 9.96. The monoisotopic (exact) mass is 188 g/mol. The van der Waals surface area contributed by atoms with E-state index in [9.17, 15) is 0 Å². The summed E-state index contributed by atoms with van der Waals surface area (Å²) in [6.07, 6.45) is 5.36. The maximum absolute atomic E-state index is 5.16. The molecule has 0 heterocycles. The molecule has 0 amide bonds. The number of rotatable bonds is 7. The molecule has 0 aliphatic rings. The van der Waals surface area contributed by atoms with E-state index in [1.54, 1.807) is 0 Å². The largest absolute Gasteiger partial charge is 0.428 e. The lowest BCUT2D eigenvalue weighted by Crippen LogP contribution is -2.00.